The van der Waals surface area contributed by atoms with Crippen molar-refractivity contribution in [1.29, 1.82) is 0 Å². The predicted molar refractivity (Wildman–Crippen MR) is 54.5 cm³/mol. The molecule has 0 aliphatic rings. The highest BCUT2D eigenvalue weighted by molar-refractivity contribution is 7.86. The van der Waals surface area contributed by atoms with Crippen LogP contribution < -0.4 is 5.32 Å². The second-order valence-electron chi connectivity index (χ2n) is 4.08. The highest BCUT2D eigenvalue weighted by Crippen LogP contribution is 2.10. The molecule has 12 heavy (non-hydrogen) atoms. The van der Waals surface area contributed by atoms with E-state index in [1.54, 1.807) is 0 Å². The molecule has 0 fully saturated rings. The van der Waals surface area contributed by atoms with Crippen LogP contribution in [0.25, 0.3) is 0 Å². The number of carbonyl (C=O) groups excluding carboxylic acids is 1. The van der Waals surface area contributed by atoms with Gasteiger partial charge in [0.1, 0.15) is 0 Å². The van der Waals surface area contributed by atoms with E-state index < -0.39 is 0 Å². The minimum Gasteiger partial charge on any atom is -0.335 e. The molecule has 3 nitrogen and oxygen atoms in total. The number of hydrogen-bond acceptors (Lipinski definition) is 1. The fourth-order valence-corrected chi connectivity index (χ4v) is 0.935. The van der Waals surface area contributed by atoms with E-state index in [0.29, 0.717) is 6.54 Å². The number of amides is 2. The second-order valence-corrected chi connectivity index (χ2v) is 5.81. The van der Waals surface area contributed by atoms with Crippen LogP contribution >= 0.6 is 0 Å². The van der Waals surface area contributed by atoms with Crippen molar-refractivity contribution >= 4 is 16.7 Å². The van der Waals surface area contributed by atoms with Crippen molar-refractivity contribution in [1.82, 2.24) is 5.32 Å². The molecule has 0 unspecified atom stereocenters. The first-order valence-electron chi connectivity index (χ1n) is 3.88. The first-order chi connectivity index (χ1) is 5.31. The van der Waals surface area contributed by atoms with Crippen LogP contribution in [0.1, 0.15) is 20.8 Å². The van der Waals surface area contributed by atoms with Gasteiger partial charge >= 0.3 is 6.03 Å². The molecule has 4 heteroatoms. The molecule has 0 radical (unpaired) electrons. The minimum absolute atomic E-state index is 0.130. The van der Waals surface area contributed by atoms with E-state index in [1.165, 1.54) is 0 Å². The Labute approximate surface area is 77.0 Å². The van der Waals surface area contributed by atoms with Gasteiger partial charge in [-0.3, -0.25) is 0 Å². The molecule has 0 aromatic carbocycles. The smallest absolute Gasteiger partial charge is 0.335 e. The van der Waals surface area contributed by atoms with Crippen LogP contribution in [0.5, 0.6) is 0 Å². The lowest BCUT2D eigenvalue weighted by molar-refractivity contribution is 0.244. The summed E-state index contributed by atoms with van der Waals surface area (Å²) in [5.74, 6) is 0. The monoisotopic (exact) mass is 190 g/mol. The second kappa shape index (κ2) is 4.60. The SMILES string of the molecule is CS(C)=NC(=O)NCC(C)(C)C. The van der Waals surface area contributed by atoms with Gasteiger partial charge in [-0.15, -0.1) is 0 Å². The molecule has 0 aromatic rings. The molecule has 0 aliphatic heterocycles. The van der Waals surface area contributed by atoms with Gasteiger partial charge in [0.25, 0.3) is 0 Å². The molecule has 1 N–H and O–H groups in total. The van der Waals surface area contributed by atoms with Gasteiger partial charge in [-0.1, -0.05) is 31.5 Å². The summed E-state index contributed by atoms with van der Waals surface area (Å²) in [5, 5.41) is 2.76. The maximum Gasteiger partial charge on any atom is 0.346 e. The first-order valence-corrected chi connectivity index (χ1v) is 5.88. The molecular formula is C8H18N2OS. The summed E-state index contributed by atoms with van der Waals surface area (Å²) in [6.45, 7) is 6.90. The lowest BCUT2D eigenvalue weighted by Gasteiger charge is -2.17. The number of nitrogens with one attached hydrogen (secondary N) is 1. The summed E-state index contributed by atoms with van der Waals surface area (Å²) in [7, 11) is -0.161. The van der Waals surface area contributed by atoms with Crippen molar-refractivity contribution in [3.8, 4) is 0 Å². The van der Waals surface area contributed by atoms with E-state index in [4.69, 9.17) is 0 Å². The maximum absolute atomic E-state index is 11.0. The Morgan fingerprint density at radius 3 is 2.25 bits per heavy atom. The first kappa shape index (κ1) is 11.6. The highest BCUT2D eigenvalue weighted by Gasteiger charge is 2.10. The number of rotatable bonds is 1. The van der Waals surface area contributed by atoms with Gasteiger partial charge in [-0.2, -0.15) is 4.36 Å². The predicted octanol–water partition coefficient (Wildman–Crippen LogP) is 1.80. The van der Waals surface area contributed by atoms with E-state index in [9.17, 15) is 4.79 Å². The molecule has 0 heterocycles. The van der Waals surface area contributed by atoms with Gasteiger partial charge in [0.05, 0.1) is 0 Å². The lowest BCUT2D eigenvalue weighted by Crippen LogP contribution is -2.30. The molecule has 0 saturated carbocycles. The molecule has 0 rings (SSSR count). The summed E-state index contributed by atoms with van der Waals surface area (Å²) in [5.41, 5.74) is 0.130. The Bertz CT molecular complexity index is 190. The van der Waals surface area contributed by atoms with E-state index in [0.717, 1.165) is 0 Å². The third-order valence-electron chi connectivity index (χ3n) is 1.04. The van der Waals surface area contributed by atoms with Crippen molar-refractivity contribution in [3.05, 3.63) is 0 Å². The van der Waals surface area contributed by atoms with Crippen LogP contribution in [0.4, 0.5) is 4.79 Å². The average molecular weight is 190 g/mol. The quantitative estimate of drug-likeness (QED) is 0.673. The molecule has 0 aromatic heterocycles. The zero-order valence-electron chi connectivity index (χ0n) is 8.47. The van der Waals surface area contributed by atoms with Gasteiger partial charge in [-0.25, -0.2) is 4.79 Å². The molecule has 0 aliphatic carbocycles. The van der Waals surface area contributed by atoms with Gasteiger partial charge in [-0.05, 0) is 17.9 Å². The zero-order chi connectivity index (χ0) is 9.78. The molecular weight excluding hydrogens is 172 g/mol. The third-order valence-corrected chi connectivity index (χ3v) is 1.57. The van der Waals surface area contributed by atoms with Gasteiger partial charge in [0, 0.05) is 6.54 Å². The van der Waals surface area contributed by atoms with Gasteiger partial charge < -0.3 is 5.32 Å². The fourth-order valence-electron chi connectivity index (χ4n) is 0.539. The Morgan fingerprint density at radius 2 is 1.92 bits per heavy atom. The largest absolute Gasteiger partial charge is 0.346 e. The summed E-state index contributed by atoms with van der Waals surface area (Å²) < 4.78 is 3.86. The van der Waals surface area contributed by atoms with Crippen molar-refractivity contribution < 1.29 is 4.79 Å². The standard InChI is InChI=1S/C8H18N2OS/c1-8(2,3)6-9-7(11)10-12(4)5/h6H2,1-5H3,(H,9,11). The van der Waals surface area contributed by atoms with Crippen LogP contribution in [0.3, 0.4) is 0 Å². The number of urea groups is 1. The summed E-state index contributed by atoms with van der Waals surface area (Å²) in [6, 6.07) is -0.196. The number of nitrogens with zero attached hydrogens (tertiary/aromatic N) is 1. The molecule has 2 amide bonds. The number of hydrogen-bond donors (Lipinski definition) is 1. The molecule has 0 spiro atoms. The van der Waals surface area contributed by atoms with E-state index >= 15 is 0 Å². The normalized spacial score (nSPS) is 11.5. The van der Waals surface area contributed by atoms with Crippen LogP contribution in [-0.2, 0) is 10.7 Å². The van der Waals surface area contributed by atoms with Crippen molar-refractivity contribution in [2.24, 2.45) is 9.78 Å². The van der Waals surface area contributed by atoms with Crippen LogP contribution in [0, 0.1) is 5.41 Å². The van der Waals surface area contributed by atoms with Crippen LogP contribution in [-0.4, -0.2) is 25.1 Å². The third kappa shape index (κ3) is 7.72. The Morgan fingerprint density at radius 1 is 1.42 bits per heavy atom. The van der Waals surface area contributed by atoms with Crippen LogP contribution in [0.2, 0.25) is 0 Å². The summed E-state index contributed by atoms with van der Waals surface area (Å²) in [4.78, 5) is 11.0. The molecule has 0 atom stereocenters. The summed E-state index contributed by atoms with van der Waals surface area (Å²) in [6.07, 6.45) is 3.83. The maximum atomic E-state index is 11.0. The topological polar surface area (TPSA) is 41.5 Å². The van der Waals surface area contributed by atoms with E-state index in [2.05, 4.69) is 30.5 Å². The Balaban J connectivity index is 3.81. The van der Waals surface area contributed by atoms with Crippen molar-refractivity contribution in [3.63, 3.8) is 0 Å². The zero-order valence-corrected chi connectivity index (χ0v) is 9.29. The molecule has 0 saturated heterocycles. The fraction of sp³-hybridized carbons (Fsp3) is 0.875. The van der Waals surface area contributed by atoms with E-state index in [-0.39, 0.29) is 22.1 Å². The van der Waals surface area contributed by atoms with Crippen LogP contribution in [0.15, 0.2) is 4.36 Å². The highest BCUT2D eigenvalue weighted by atomic mass is 32.2. The number of carbonyl (C=O) groups is 1. The summed E-state index contributed by atoms with van der Waals surface area (Å²) >= 11 is 0. The Hall–Kier alpha value is -0.380. The molecule has 72 valence electrons. The Kier molecular flexibility index (Phi) is 4.45. The van der Waals surface area contributed by atoms with E-state index in [1.807, 2.05) is 12.5 Å². The van der Waals surface area contributed by atoms with Crippen molar-refractivity contribution in [2.75, 3.05) is 19.1 Å². The minimum atomic E-state index is -0.196. The average Bonchev–Trinajstić information content (AvgIpc) is 1.80. The molecule has 0 bridgehead atoms. The van der Waals surface area contributed by atoms with Gasteiger partial charge in [0.15, 0.2) is 0 Å². The lowest BCUT2D eigenvalue weighted by atomic mass is 9.97. The van der Waals surface area contributed by atoms with Crippen molar-refractivity contribution in [2.45, 2.75) is 20.8 Å². The van der Waals surface area contributed by atoms with Gasteiger partial charge in [0.2, 0.25) is 0 Å².